The van der Waals surface area contributed by atoms with Crippen LogP contribution in [0.1, 0.15) is 53.2 Å². The van der Waals surface area contributed by atoms with Crippen LogP contribution in [-0.4, -0.2) is 59.7 Å². The van der Waals surface area contributed by atoms with E-state index >= 15 is 0 Å². The van der Waals surface area contributed by atoms with E-state index in [2.05, 4.69) is 9.89 Å². The van der Waals surface area contributed by atoms with Crippen molar-refractivity contribution in [1.29, 1.82) is 0 Å². The second-order valence-electron chi connectivity index (χ2n) is 10.1. The number of imide groups is 3. The Kier molecular flexibility index (Phi) is 8.74. The van der Waals surface area contributed by atoms with Crippen LogP contribution in [-0.2, 0) is 24.7 Å². The summed E-state index contributed by atoms with van der Waals surface area (Å²) in [5.41, 5.74) is -7.19. The normalized spacial score (nSPS) is 20.0. The molecular formula is C27H21Cl2F7N2O6. The number of halogens is 9. The Hall–Kier alpha value is -3.43. The van der Waals surface area contributed by atoms with Crippen LogP contribution in [0.2, 0.25) is 10.0 Å². The standard InChI is InChI=1S/C27H21Cl2F7N2O6/c1-12-8-14(19-11-25(44-37-19,27(34,35)36)15-9-17(28)20(30)18(29)10-15)4-5-16(12)22(40)38(21(39)13(2)42-3)23(41)43-24(6-7-24)26(31,32)33/h4-5,8-10,13H,6-7,11H2,1-3H3. The van der Waals surface area contributed by atoms with Gasteiger partial charge in [-0.2, -0.15) is 31.2 Å². The first-order valence-electron chi connectivity index (χ1n) is 12.6. The van der Waals surface area contributed by atoms with Gasteiger partial charge in [-0.15, -0.1) is 0 Å². The summed E-state index contributed by atoms with van der Waals surface area (Å²) in [7, 11) is 1.06. The molecule has 2 aliphatic rings. The molecule has 8 nitrogen and oxygen atoms in total. The zero-order chi connectivity index (χ0) is 33.0. The van der Waals surface area contributed by atoms with Crippen molar-refractivity contribution in [3.63, 3.8) is 0 Å². The zero-order valence-corrected chi connectivity index (χ0v) is 24.3. The van der Waals surface area contributed by atoms with Crippen LogP contribution in [0.3, 0.4) is 0 Å². The third kappa shape index (κ3) is 5.84. The molecule has 0 radical (unpaired) electrons. The molecule has 0 bridgehead atoms. The van der Waals surface area contributed by atoms with Crippen molar-refractivity contribution in [3.05, 3.63) is 68.4 Å². The third-order valence-electron chi connectivity index (χ3n) is 7.24. The average molecular weight is 673 g/mol. The number of hydrogen-bond acceptors (Lipinski definition) is 7. The maximum Gasteiger partial charge on any atom is 0.435 e. The minimum Gasteiger partial charge on any atom is -0.432 e. The minimum atomic E-state index is -5.09. The number of carbonyl (C=O) groups excluding carboxylic acids is 3. The predicted molar refractivity (Wildman–Crippen MR) is 140 cm³/mol. The smallest absolute Gasteiger partial charge is 0.432 e. The lowest BCUT2D eigenvalue weighted by Crippen LogP contribution is -2.50. The fraction of sp³-hybridized carbons (Fsp3) is 0.407. The number of amides is 3. The maximum atomic E-state index is 14.3. The molecule has 0 N–H and O–H groups in total. The Morgan fingerprint density at radius 3 is 2.09 bits per heavy atom. The van der Waals surface area contributed by atoms with E-state index in [1.165, 1.54) is 13.0 Å². The molecule has 2 atom stereocenters. The molecule has 1 aliphatic carbocycles. The predicted octanol–water partition coefficient (Wildman–Crippen LogP) is 7.26. The zero-order valence-electron chi connectivity index (χ0n) is 22.8. The van der Waals surface area contributed by atoms with E-state index < -0.39 is 88.3 Å². The lowest BCUT2D eigenvalue weighted by molar-refractivity contribution is -0.275. The summed E-state index contributed by atoms with van der Waals surface area (Å²) in [5.74, 6) is -3.81. The van der Waals surface area contributed by atoms with Crippen molar-refractivity contribution in [2.24, 2.45) is 5.16 Å². The number of rotatable bonds is 6. The number of alkyl halides is 6. The van der Waals surface area contributed by atoms with Gasteiger partial charge >= 0.3 is 18.4 Å². The summed E-state index contributed by atoms with van der Waals surface area (Å²) in [6, 6.07) is 4.77. The number of methoxy groups -OCH3 is 1. The molecule has 0 saturated heterocycles. The highest BCUT2D eigenvalue weighted by atomic mass is 35.5. The fourth-order valence-electron chi connectivity index (χ4n) is 4.38. The molecule has 2 aromatic rings. The lowest BCUT2D eigenvalue weighted by Gasteiger charge is -2.29. The largest absolute Gasteiger partial charge is 0.435 e. The topological polar surface area (TPSA) is 94.5 Å². The number of oxime groups is 1. The summed E-state index contributed by atoms with van der Waals surface area (Å²) >= 11 is 11.4. The van der Waals surface area contributed by atoms with Crippen LogP contribution in [0.4, 0.5) is 35.5 Å². The highest BCUT2D eigenvalue weighted by Crippen LogP contribution is 2.53. The van der Waals surface area contributed by atoms with Crippen molar-refractivity contribution in [2.45, 2.75) is 62.8 Å². The molecule has 1 heterocycles. The minimum absolute atomic E-state index is 0.000191. The first kappa shape index (κ1) is 33.5. The van der Waals surface area contributed by atoms with Gasteiger partial charge in [-0.25, -0.2) is 9.18 Å². The van der Waals surface area contributed by atoms with Gasteiger partial charge in [-0.05, 0) is 49.2 Å². The summed E-state index contributed by atoms with van der Waals surface area (Å²) in [6.45, 7) is 2.45. The number of nitrogens with zero attached hydrogens (tertiary/aromatic N) is 2. The van der Waals surface area contributed by atoms with E-state index in [0.29, 0.717) is 12.1 Å². The van der Waals surface area contributed by atoms with Crippen LogP contribution < -0.4 is 0 Å². The summed E-state index contributed by atoms with van der Waals surface area (Å²) in [6.07, 6.45) is -15.4. The van der Waals surface area contributed by atoms with Crippen LogP contribution in [0, 0.1) is 12.7 Å². The fourth-order valence-corrected chi connectivity index (χ4v) is 4.86. The first-order chi connectivity index (χ1) is 20.3. The molecule has 238 valence electrons. The highest BCUT2D eigenvalue weighted by Gasteiger charge is 2.68. The van der Waals surface area contributed by atoms with Crippen molar-refractivity contribution in [3.8, 4) is 0 Å². The van der Waals surface area contributed by atoms with E-state index in [1.807, 2.05) is 0 Å². The van der Waals surface area contributed by atoms with E-state index in [9.17, 15) is 45.1 Å². The number of hydrogen-bond donors (Lipinski definition) is 0. The molecule has 2 aromatic carbocycles. The van der Waals surface area contributed by atoms with Crippen LogP contribution in [0.5, 0.6) is 0 Å². The number of ether oxygens (including phenoxy) is 2. The van der Waals surface area contributed by atoms with Gasteiger partial charge in [0.2, 0.25) is 5.60 Å². The van der Waals surface area contributed by atoms with Crippen LogP contribution >= 0.6 is 23.2 Å². The van der Waals surface area contributed by atoms with Crippen LogP contribution in [0.15, 0.2) is 35.5 Å². The molecule has 1 fully saturated rings. The van der Waals surface area contributed by atoms with Gasteiger partial charge in [-0.1, -0.05) is 34.4 Å². The molecule has 3 amide bonds. The molecule has 17 heteroatoms. The molecule has 0 aromatic heterocycles. The van der Waals surface area contributed by atoms with E-state index in [1.54, 1.807) is 0 Å². The van der Waals surface area contributed by atoms with Crippen molar-refractivity contribution in [2.75, 3.05) is 7.11 Å². The molecule has 1 aliphatic heterocycles. The van der Waals surface area contributed by atoms with Gasteiger partial charge in [0, 0.05) is 37.5 Å². The second-order valence-corrected chi connectivity index (χ2v) is 10.9. The quantitative estimate of drug-likeness (QED) is 0.237. The average Bonchev–Trinajstić information content (AvgIpc) is 3.57. The summed E-state index contributed by atoms with van der Waals surface area (Å²) in [5, 5.41) is 2.20. The SMILES string of the molecule is COC(C)C(=O)N(C(=O)OC1(C(F)(F)F)CC1)C(=O)c1ccc(C2=NOC(c3cc(Cl)c(F)c(Cl)c3)(C(F)(F)F)C2)cc1C. The Morgan fingerprint density at radius 2 is 1.61 bits per heavy atom. The van der Waals surface area contributed by atoms with Gasteiger partial charge < -0.3 is 14.3 Å². The molecular weight excluding hydrogens is 652 g/mol. The van der Waals surface area contributed by atoms with Gasteiger partial charge in [0.05, 0.1) is 15.8 Å². The van der Waals surface area contributed by atoms with E-state index in [-0.39, 0.29) is 27.3 Å². The van der Waals surface area contributed by atoms with Gasteiger partial charge in [-0.3, -0.25) is 9.59 Å². The molecule has 44 heavy (non-hydrogen) atoms. The van der Waals surface area contributed by atoms with Gasteiger partial charge in [0.15, 0.2) is 5.82 Å². The summed E-state index contributed by atoms with van der Waals surface area (Å²) in [4.78, 5) is 43.8. The van der Waals surface area contributed by atoms with Crippen LogP contribution in [0.25, 0.3) is 0 Å². The molecule has 2 unspecified atom stereocenters. The highest BCUT2D eigenvalue weighted by molar-refractivity contribution is 6.35. The Bertz CT molecular complexity index is 1540. The lowest BCUT2D eigenvalue weighted by atomic mass is 9.86. The molecule has 1 saturated carbocycles. The number of aryl methyl sites for hydroxylation is 1. The first-order valence-corrected chi connectivity index (χ1v) is 13.3. The maximum absolute atomic E-state index is 14.3. The van der Waals surface area contributed by atoms with Crippen molar-refractivity contribution < 1.29 is 59.4 Å². The number of carbonyl (C=O) groups is 3. The number of benzene rings is 2. The van der Waals surface area contributed by atoms with Gasteiger partial charge in [0.1, 0.15) is 6.10 Å². The van der Waals surface area contributed by atoms with Crippen molar-refractivity contribution in [1.82, 2.24) is 4.90 Å². The Morgan fingerprint density at radius 1 is 1.02 bits per heavy atom. The van der Waals surface area contributed by atoms with Gasteiger partial charge in [0.25, 0.3) is 17.4 Å². The van der Waals surface area contributed by atoms with E-state index in [0.717, 1.165) is 26.2 Å². The van der Waals surface area contributed by atoms with E-state index in [4.69, 9.17) is 32.8 Å². The third-order valence-corrected chi connectivity index (χ3v) is 7.79. The Labute approximate surface area is 254 Å². The monoisotopic (exact) mass is 672 g/mol. The Balaban J connectivity index is 1.65. The summed E-state index contributed by atoms with van der Waals surface area (Å²) < 4.78 is 107. The van der Waals surface area contributed by atoms with Crippen molar-refractivity contribution >= 4 is 46.8 Å². The molecule has 4 rings (SSSR count). The molecule has 0 spiro atoms. The second kappa shape index (κ2) is 11.5.